The van der Waals surface area contributed by atoms with Crippen molar-refractivity contribution in [2.45, 2.75) is 95.3 Å². The van der Waals surface area contributed by atoms with Crippen LogP contribution < -0.4 is 26.2 Å². The van der Waals surface area contributed by atoms with Crippen LogP contribution in [0.4, 0.5) is 34.1 Å². The second-order valence-electron chi connectivity index (χ2n) is 17.0. The van der Waals surface area contributed by atoms with Gasteiger partial charge >= 0.3 is 0 Å². The molecule has 0 spiro atoms. The number of para-hydroxylation sites is 2. The molecule has 4 aliphatic rings. The molecule has 10 rings (SSSR count). The first-order valence-corrected chi connectivity index (χ1v) is 20.8. The van der Waals surface area contributed by atoms with E-state index in [1.807, 2.05) is 0 Å². The molecule has 2 fully saturated rings. The zero-order valence-corrected chi connectivity index (χ0v) is 32.0. The average Bonchev–Trinajstić information content (AvgIpc) is 3.24. The van der Waals surface area contributed by atoms with Crippen LogP contribution in [0.2, 0.25) is 0 Å². The lowest BCUT2D eigenvalue weighted by Crippen LogP contribution is -2.61. The van der Waals surface area contributed by atoms with Crippen molar-refractivity contribution in [3.8, 4) is 0 Å². The second kappa shape index (κ2) is 13.7. The van der Waals surface area contributed by atoms with Gasteiger partial charge in [-0.3, -0.25) is 0 Å². The first-order chi connectivity index (χ1) is 26.6. The van der Waals surface area contributed by atoms with Crippen LogP contribution in [0.5, 0.6) is 0 Å². The zero-order chi connectivity index (χ0) is 36.2. The van der Waals surface area contributed by atoms with E-state index in [4.69, 9.17) is 0 Å². The van der Waals surface area contributed by atoms with Crippen LogP contribution in [0.15, 0.2) is 140 Å². The van der Waals surface area contributed by atoms with Crippen LogP contribution in [-0.2, 0) is 5.41 Å². The standard InChI is InChI=1S/C51H51BN2/c1-51(2,40-21-11-5-12-22-40)41-34-48-50-49(35-41)54(43-30-27-38(28-31-43)36-17-7-3-8-18-36)47-32-29-39(37-19-9-4-10-20-37)33-45(47)52(50)44-25-15-16-26-46(44)53(48)42-23-13-6-14-24-42/h5-6,11-16,21-37H,3-4,7-10,17-20H2,1-2H3. The minimum absolute atomic E-state index is 0.136. The molecule has 0 saturated heterocycles. The molecule has 6 aromatic carbocycles. The lowest BCUT2D eigenvalue weighted by molar-refractivity contribution is 0.443. The molecular weight excluding hydrogens is 651 g/mol. The number of benzene rings is 6. The van der Waals surface area contributed by atoms with Gasteiger partial charge in [0.1, 0.15) is 0 Å². The Morgan fingerprint density at radius 3 is 1.61 bits per heavy atom. The summed E-state index contributed by atoms with van der Waals surface area (Å²) in [4.78, 5) is 5.18. The Hall–Kier alpha value is -5.02. The summed E-state index contributed by atoms with van der Waals surface area (Å²) in [7, 11) is 0. The molecule has 2 aliphatic heterocycles. The third-order valence-electron chi connectivity index (χ3n) is 13.5. The SMILES string of the molecule is CC(C)(c1ccccc1)c1cc2c3c(c1)N(c1ccc(C4CCCCC4)cc1)c1ccc(C4CCCCC4)cc1B3c1ccccc1N2c1ccccc1. The number of hydrogen-bond acceptors (Lipinski definition) is 2. The first-order valence-electron chi connectivity index (χ1n) is 20.8. The summed E-state index contributed by atoms with van der Waals surface area (Å²) < 4.78 is 0. The maximum atomic E-state index is 2.63. The molecule has 2 aliphatic carbocycles. The van der Waals surface area contributed by atoms with Gasteiger partial charge in [0.05, 0.1) is 0 Å². The van der Waals surface area contributed by atoms with Crippen molar-refractivity contribution in [3.05, 3.63) is 162 Å². The van der Waals surface area contributed by atoms with E-state index in [0.29, 0.717) is 11.8 Å². The van der Waals surface area contributed by atoms with Crippen LogP contribution in [0, 0.1) is 0 Å². The first kappa shape index (κ1) is 33.5. The van der Waals surface area contributed by atoms with Crippen LogP contribution >= 0.6 is 0 Å². The molecule has 0 aromatic heterocycles. The molecule has 54 heavy (non-hydrogen) atoms. The maximum absolute atomic E-state index is 2.63. The summed E-state index contributed by atoms with van der Waals surface area (Å²) in [6.07, 6.45) is 13.4. The van der Waals surface area contributed by atoms with Gasteiger partial charge in [-0.05, 0) is 125 Å². The number of fused-ring (bicyclic) bond motifs is 4. The van der Waals surface area contributed by atoms with Gasteiger partial charge in [-0.25, -0.2) is 0 Å². The van der Waals surface area contributed by atoms with Crippen LogP contribution in [0.25, 0.3) is 0 Å². The van der Waals surface area contributed by atoms with Gasteiger partial charge in [-0.1, -0.05) is 143 Å². The average molecular weight is 703 g/mol. The minimum atomic E-state index is -0.219. The van der Waals surface area contributed by atoms with Crippen molar-refractivity contribution < 1.29 is 0 Å². The smallest absolute Gasteiger partial charge is 0.252 e. The van der Waals surface area contributed by atoms with Gasteiger partial charge in [-0.15, -0.1) is 0 Å². The summed E-state index contributed by atoms with van der Waals surface area (Å²) in [5.74, 6) is 1.32. The Kier molecular flexibility index (Phi) is 8.50. The van der Waals surface area contributed by atoms with Gasteiger partial charge in [0, 0.05) is 39.5 Å². The largest absolute Gasteiger partial charge is 0.311 e. The Morgan fingerprint density at radius 1 is 0.444 bits per heavy atom. The highest BCUT2D eigenvalue weighted by Crippen LogP contribution is 2.48. The number of hydrogen-bond donors (Lipinski definition) is 0. The summed E-state index contributed by atoms with van der Waals surface area (Å²) >= 11 is 0. The third kappa shape index (κ3) is 5.62. The van der Waals surface area contributed by atoms with E-state index in [1.54, 1.807) is 0 Å². The molecule has 2 nitrogen and oxygen atoms in total. The van der Waals surface area contributed by atoms with Gasteiger partial charge < -0.3 is 9.80 Å². The molecule has 0 N–H and O–H groups in total. The van der Waals surface area contributed by atoms with Crippen LogP contribution in [0.1, 0.15) is 112 Å². The van der Waals surface area contributed by atoms with Crippen molar-refractivity contribution in [3.63, 3.8) is 0 Å². The molecular formula is C51H51BN2. The number of anilines is 6. The van der Waals surface area contributed by atoms with E-state index in [-0.39, 0.29) is 12.1 Å². The lowest BCUT2D eigenvalue weighted by Gasteiger charge is -2.45. The van der Waals surface area contributed by atoms with Crippen molar-refractivity contribution in [2.24, 2.45) is 0 Å². The molecule has 3 heteroatoms. The molecule has 2 saturated carbocycles. The fourth-order valence-corrected chi connectivity index (χ4v) is 10.5. The van der Waals surface area contributed by atoms with Crippen molar-refractivity contribution in [2.75, 3.05) is 9.80 Å². The molecule has 2 heterocycles. The quantitative estimate of drug-likeness (QED) is 0.159. The normalized spacial score (nSPS) is 17.2. The Labute approximate surface area is 323 Å². The fraction of sp³-hybridized carbons (Fsp3) is 0.294. The van der Waals surface area contributed by atoms with Gasteiger partial charge in [0.15, 0.2) is 0 Å². The van der Waals surface area contributed by atoms with E-state index < -0.39 is 0 Å². The van der Waals surface area contributed by atoms with E-state index >= 15 is 0 Å². The van der Waals surface area contributed by atoms with E-state index in [9.17, 15) is 0 Å². The molecule has 0 unspecified atom stereocenters. The van der Waals surface area contributed by atoms with E-state index in [0.717, 1.165) is 0 Å². The Balaban J connectivity index is 1.25. The maximum Gasteiger partial charge on any atom is 0.252 e. The van der Waals surface area contributed by atoms with E-state index in [1.165, 1.54) is 137 Å². The lowest BCUT2D eigenvalue weighted by atomic mass is 9.33. The van der Waals surface area contributed by atoms with Crippen molar-refractivity contribution in [1.29, 1.82) is 0 Å². The highest BCUT2D eigenvalue weighted by atomic mass is 15.2. The Bertz CT molecular complexity index is 2280. The summed E-state index contributed by atoms with van der Waals surface area (Å²) in [6, 6.07) is 53.8. The molecule has 6 aromatic rings. The van der Waals surface area contributed by atoms with Crippen LogP contribution in [0.3, 0.4) is 0 Å². The summed E-state index contributed by atoms with van der Waals surface area (Å²) in [6.45, 7) is 4.93. The molecule has 0 radical (unpaired) electrons. The third-order valence-corrected chi connectivity index (χ3v) is 13.5. The number of rotatable bonds is 6. The van der Waals surface area contributed by atoms with Crippen molar-refractivity contribution >= 4 is 57.2 Å². The molecule has 268 valence electrons. The zero-order valence-electron chi connectivity index (χ0n) is 32.0. The summed E-state index contributed by atoms with van der Waals surface area (Å²) in [5, 5.41) is 0. The summed E-state index contributed by atoms with van der Waals surface area (Å²) in [5.41, 5.74) is 17.3. The predicted octanol–water partition coefficient (Wildman–Crippen LogP) is 12.2. The van der Waals surface area contributed by atoms with Gasteiger partial charge in [0.25, 0.3) is 6.71 Å². The monoisotopic (exact) mass is 702 g/mol. The fourth-order valence-electron chi connectivity index (χ4n) is 10.5. The van der Waals surface area contributed by atoms with E-state index in [2.05, 4.69) is 163 Å². The Morgan fingerprint density at radius 2 is 0.963 bits per heavy atom. The minimum Gasteiger partial charge on any atom is -0.311 e. The van der Waals surface area contributed by atoms with Gasteiger partial charge in [-0.2, -0.15) is 0 Å². The highest BCUT2D eigenvalue weighted by Gasteiger charge is 2.44. The highest BCUT2D eigenvalue weighted by molar-refractivity contribution is 7.00. The van der Waals surface area contributed by atoms with Gasteiger partial charge in [0.2, 0.25) is 0 Å². The van der Waals surface area contributed by atoms with Crippen molar-refractivity contribution in [1.82, 2.24) is 0 Å². The second-order valence-corrected chi connectivity index (χ2v) is 17.0. The number of nitrogens with zero attached hydrogens (tertiary/aromatic N) is 2. The van der Waals surface area contributed by atoms with Crippen LogP contribution in [-0.4, -0.2) is 6.71 Å². The molecule has 0 amide bonds. The molecule has 0 atom stereocenters. The molecule has 0 bridgehead atoms. The predicted molar refractivity (Wildman–Crippen MR) is 231 cm³/mol. The topological polar surface area (TPSA) is 6.48 Å².